The van der Waals surface area contributed by atoms with Crippen LogP contribution in [0.25, 0.3) is 0 Å². The van der Waals surface area contributed by atoms with E-state index < -0.39 is 12.0 Å². The largest absolute Gasteiger partial charge is 0.465 e. The summed E-state index contributed by atoms with van der Waals surface area (Å²) in [6.45, 7) is 1.95. The maximum Gasteiger partial charge on any atom is 0.339 e. The van der Waals surface area contributed by atoms with Crippen molar-refractivity contribution in [3.05, 3.63) is 28.8 Å². The summed E-state index contributed by atoms with van der Waals surface area (Å²) in [4.78, 5) is 23.1. The summed E-state index contributed by atoms with van der Waals surface area (Å²) in [5.41, 5.74) is 6.44. The van der Waals surface area contributed by atoms with Crippen LogP contribution in [0.1, 0.15) is 30.1 Å². The highest BCUT2D eigenvalue weighted by molar-refractivity contribution is 6.34. The van der Waals surface area contributed by atoms with Gasteiger partial charge in [0, 0.05) is 5.69 Å². The van der Waals surface area contributed by atoms with Crippen molar-refractivity contribution in [3.8, 4) is 0 Å². The third kappa shape index (κ3) is 5.00. The zero-order valence-corrected chi connectivity index (χ0v) is 12.9. The van der Waals surface area contributed by atoms with Gasteiger partial charge in [0.25, 0.3) is 0 Å². The molecule has 3 N–H and O–H groups in total. The Kier molecular flexibility index (Phi) is 8.22. The molecule has 1 unspecified atom stereocenters. The molecule has 0 aliphatic rings. The van der Waals surface area contributed by atoms with Crippen molar-refractivity contribution in [1.29, 1.82) is 0 Å². The molecule has 0 radical (unpaired) electrons. The van der Waals surface area contributed by atoms with E-state index in [4.69, 9.17) is 17.3 Å². The number of amides is 1. The molecule has 0 bridgehead atoms. The first-order valence-electron chi connectivity index (χ1n) is 5.94. The number of nitrogens with one attached hydrogen (secondary N) is 1. The van der Waals surface area contributed by atoms with Crippen LogP contribution in [0.3, 0.4) is 0 Å². The highest BCUT2D eigenvalue weighted by atomic mass is 35.5. The molecule has 0 fully saturated rings. The van der Waals surface area contributed by atoms with E-state index in [2.05, 4.69) is 10.1 Å². The van der Waals surface area contributed by atoms with Crippen LogP contribution in [0.5, 0.6) is 0 Å². The number of rotatable bonds is 5. The molecule has 0 heterocycles. The molecule has 0 spiro atoms. The van der Waals surface area contributed by atoms with E-state index in [9.17, 15) is 9.59 Å². The molecule has 1 rings (SSSR count). The number of esters is 1. The van der Waals surface area contributed by atoms with Gasteiger partial charge in [-0.25, -0.2) is 4.79 Å². The summed E-state index contributed by atoms with van der Waals surface area (Å²) in [6, 6.07) is 4.01. The predicted molar refractivity (Wildman–Crippen MR) is 81.6 cm³/mol. The van der Waals surface area contributed by atoms with E-state index in [1.54, 1.807) is 6.07 Å². The van der Waals surface area contributed by atoms with Gasteiger partial charge in [0.2, 0.25) is 5.91 Å². The van der Waals surface area contributed by atoms with E-state index in [1.165, 1.54) is 19.2 Å². The average Bonchev–Trinajstić information content (AvgIpc) is 2.38. The van der Waals surface area contributed by atoms with Crippen LogP contribution in [0.4, 0.5) is 5.69 Å². The summed E-state index contributed by atoms with van der Waals surface area (Å²) in [7, 11) is 1.28. The fraction of sp³-hybridized carbons (Fsp3) is 0.385. The lowest BCUT2D eigenvalue weighted by molar-refractivity contribution is -0.117. The normalized spacial score (nSPS) is 11.2. The summed E-state index contributed by atoms with van der Waals surface area (Å²) >= 11 is 5.94. The van der Waals surface area contributed by atoms with Crippen LogP contribution in [-0.2, 0) is 9.53 Å². The van der Waals surface area contributed by atoms with E-state index in [0.29, 0.717) is 12.1 Å². The number of carbonyl (C=O) groups excluding carboxylic acids is 2. The van der Waals surface area contributed by atoms with Crippen LogP contribution in [-0.4, -0.2) is 25.0 Å². The summed E-state index contributed by atoms with van der Waals surface area (Å²) in [5.74, 6) is -0.797. The van der Waals surface area contributed by atoms with Crippen molar-refractivity contribution in [3.63, 3.8) is 0 Å². The van der Waals surface area contributed by atoms with Gasteiger partial charge < -0.3 is 15.8 Å². The van der Waals surface area contributed by atoms with E-state index >= 15 is 0 Å². The van der Waals surface area contributed by atoms with Crippen molar-refractivity contribution in [1.82, 2.24) is 0 Å². The van der Waals surface area contributed by atoms with Gasteiger partial charge in [-0.2, -0.15) is 0 Å². The standard InChI is InChI=1S/C13H17ClN2O3.ClH/c1-3-4-11(15)12(17)16-8-5-6-9(10(14)7-8)13(18)19-2;/h5-7,11H,3-4,15H2,1-2H3,(H,16,17);1H. The first-order chi connectivity index (χ1) is 8.99. The molecule has 0 aromatic heterocycles. The van der Waals surface area contributed by atoms with Crippen molar-refractivity contribution in [2.45, 2.75) is 25.8 Å². The van der Waals surface area contributed by atoms with Gasteiger partial charge in [0.1, 0.15) is 0 Å². The van der Waals surface area contributed by atoms with Gasteiger partial charge in [-0.1, -0.05) is 24.9 Å². The van der Waals surface area contributed by atoms with Crippen LogP contribution < -0.4 is 11.1 Å². The summed E-state index contributed by atoms with van der Waals surface area (Å²) < 4.78 is 4.58. The Bertz CT molecular complexity index is 481. The maximum atomic E-state index is 11.7. The number of hydrogen-bond acceptors (Lipinski definition) is 4. The first-order valence-corrected chi connectivity index (χ1v) is 6.31. The molecule has 1 atom stereocenters. The Morgan fingerprint density at radius 3 is 2.60 bits per heavy atom. The SMILES string of the molecule is CCCC(N)C(=O)Nc1ccc(C(=O)OC)c(Cl)c1.Cl. The lowest BCUT2D eigenvalue weighted by atomic mass is 10.1. The molecule has 1 aromatic rings. The van der Waals surface area contributed by atoms with Crippen LogP contribution in [0, 0.1) is 0 Å². The third-order valence-corrected chi connectivity index (χ3v) is 2.89. The number of carbonyl (C=O) groups is 2. The fourth-order valence-electron chi connectivity index (χ4n) is 1.55. The number of ether oxygens (including phenoxy) is 1. The van der Waals surface area contributed by atoms with E-state index in [0.717, 1.165) is 6.42 Å². The minimum atomic E-state index is -0.552. The Balaban J connectivity index is 0.00000361. The molecular formula is C13H18Cl2N2O3. The number of hydrogen-bond donors (Lipinski definition) is 2. The zero-order chi connectivity index (χ0) is 14.4. The molecule has 0 saturated heterocycles. The lowest BCUT2D eigenvalue weighted by Crippen LogP contribution is -2.35. The lowest BCUT2D eigenvalue weighted by Gasteiger charge is -2.12. The highest BCUT2D eigenvalue weighted by Crippen LogP contribution is 2.21. The molecule has 1 aromatic carbocycles. The topological polar surface area (TPSA) is 81.4 Å². The molecule has 1 amide bonds. The molecule has 0 aliphatic carbocycles. The molecule has 0 aliphatic heterocycles. The third-order valence-electron chi connectivity index (χ3n) is 2.58. The average molecular weight is 321 g/mol. The maximum absolute atomic E-state index is 11.7. The fourth-order valence-corrected chi connectivity index (χ4v) is 1.80. The van der Waals surface area contributed by atoms with Crippen LogP contribution in [0.15, 0.2) is 18.2 Å². The smallest absolute Gasteiger partial charge is 0.339 e. The van der Waals surface area contributed by atoms with Crippen molar-refractivity contribution in [2.24, 2.45) is 5.73 Å². The highest BCUT2D eigenvalue weighted by Gasteiger charge is 2.15. The van der Waals surface area contributed by atoms with Crippen molar-refractivity contribution >= 4 is 41.6 Å². The van der Waals surface area contributed by atoms with Gasteiger partial charge in [-0.3, -0.25) is 4.79 Å². The van der Waals surface area contributed by atoms with E-state index in [-0.39, 0.29) is 28.9 Å². The summed E-state index contributed by atoms with van der Waals surface area (Å²) in [6.07, 6.45) is 1.44. The molecule has 7 heteroatoms. The second kappa shape index (κ2) is 8.79. The minimum absolute atomic E-state index is 0. The predicted octanol–water partition coefficient (Wildman–Crippen LogP) is 2.61. The number of methoxy groups -OCH3 is 1. The molecule has 5 nitrogen and oxygen atoms in total. The van der Waals surface area contributed by atoms with Gasteiger partial charge in [0.15, 0.2) is 0 Å². The van der Waals surface area contributed by atoms with Crippen LogP contribution in [0.2, 0.25) is 5.02 Å². The quantitative estimate of drug-likeness (QED) is 0.817. The molecular weight excluding hydrogens is 303 g/mol. The van der Waals surface area contributed by atoms with Crippen molar-refractivity contribution < 1.29 is 14.3 Å². The van der Waals surface area contributed by atoms with E-state index in [1.807, 2.05) is 6.92 Å². The second-order valence-electron chi connectivity index (χ2n) is 4.07. The Hall–Kier alpha value is -1.30. The number of anilines is 1. The van der Waals surface area contributed by atoms with Crippen molar-refractivity contribution in [2.75, 3.05) is 12.4 Å². The van der Waals surface area contributed by atoms with Gasteiger partial charge in [-0.15, -0.1) is 12.4 Å². The monoisotopic (exact) mass is 320 g/mol. The molecule has 0 saturated carbocycles. The Morgan fingerprint density at radius 1 is 1.45 bits per heavy atom. The molecule has 20 heavy (non-hydrogen) atoms. The van der Waals surface area contributed by atoms with Gasteiger partial charge in [-0.05, 0) is 24.6 Å². The van der Waals surface area contributed by atoms with Crippen LogP contribution >= 0.6 is 24.0 Å². The Labute approximate surface area is 129 Å². The Morgan fingerprint density at radius 2 is 2.10 bits per heavy atom. The van der Waals surface area contributed by atoms with Gasteiger partial charge in [0.05, 0.1) is 23.7 Å². The number of benzene rings is 1. The number of nitrogens with two attached hydrogens (primary N) is 1. The van der Waals surface area contributed by atoms with Gasteiger partial charge >= 0.3 is 5.97 Å². The number of halogens is 2. The first kappa shape index (κ1) is 18.7. The molecule has 112 valence electrons. The second-order valence-corrected chi connectivity index (χ2v) is 4.48. The minimum Gasteiger partial charge on any atom is -0.465 e. The zero-order valence-electron chi connectivity index (χ0n) is 11.3. The summed E-state index contributed by atoms with van der Waals surface area (Å²) in [5, 5.41) is 2.87.